The van der Waals surface area contributed by atoms with Crippen molar-refractivity contribution >= 4 is 47.0 Å². The van der Waals surface area contributed by atoms with Crippen molar-refractivity contribution < 1.29 is 28.9 Å². The van der Waals surface area contributed by atoms with Gasteiger partial charge in [0.25, 0.3) is 23.2 Å². The zero-order valence-electron chi connectivity index (χ0n) is 18.7. The molecule has 0 aliphatic carbocycles. The fourth-order valence-electron chi connectivity index (χ4n) is 3.05. The smallest absolute Gasteiger partial charge is 0.285 e. The predicted octanol–water partition coefficient (Wildman–Crippen LogP) is 2.86. The number of thiophene rings is 1. The van der Waals surface area contributed by atoms with Gasteiger partial charge in [0.15, 0.2) is 11.5 Å². The third kappa shape index (κ3) is 5.91. The van der Waals surface area contributed by atoms with Crippen molar-refractivity contribution in [3.63, 3.8) is 0 Å². The van der Waals surface area contributed by atoms with Crippen LogP contribution in [-0.2, 0) is 0 Å². The molecule has 0 radical (unpaired) electrons. The second-order valence-corrected chi connectivity index (χ2v) is 8.23. The van der Waals surface area contributed by atoms with Gasteiger partial charge < -0.3 is 9.47 Å². The quantitative estimate of drug-likeness (QED) is 0.255. The third-order valence-corrected chi connectivity index (χ3v) is 5.93. The lowest BCUT2D eigenvalue weighted by Gasteiger charge is -2.16. The number of non-ortho nitro benzene ring substituents is 2. The summed E-state index contributed by atoms with van der Waals surface area (Å²) in [5.74, 6) is -1.11. The van der Waals surface area contributed by atoms with Gasteiger partial charge >= 0.3 is 0 Å². The van der Waals surface area contributed by atoms with E-state index in [2.05, 4.69) is 21.1 Å². The van der Waals surface area contributed by atoms with Gasteiger partial charge in [-0.05, 0) is 35.4 Å². The fourth-order valence-corrected chi connectivity index (χ4v) is 4.02. The van der Waals surface area contributed by atoms with Crippen molar-refractivity contribution in [2.24, 2.45) is 10.2 Å². The molecule has 0 fully saturated rings. The highest BCUT2D eigenvalue weighted by molar-refractivity contribution is 7.16. The number of ether oxygens (including phenoxy) is 2. The van der Waals surface area contributed by atoms with Crippen molar-refractivity contribution in [2.75, 3.05) is 13.2 Å². The van der Waals surface area contributed by atoms with Crippen molar-refractivity contribution in [1.29, 1.82) is 0 Å². The van der Waals surface area contributed by atoms with Gasteiger partial charge in [-0.3, -0.25) is 29.8 Å². The average Bonchev–Trinajstić information content (AvgIpc) is 3.29. The molecule has 0 saturated carbocycles. The standard InChI is InChI=1S/C22H16N6O8S/c29-21(25-23-11-13-1-5-15(6-2-13)27(31)32)19-17-18(36-10-9-35-17)20(37-19)22(30)26-24-12-14-3-7-16(8-4-14)28(33)34/h1-8,11-12H,9-10H2,(H,25,29)(H,26,30)/b23-11-,24-12-. The van der Waals surface area contributed by atoms with Crippen LogP contribution in [0.1, 0.15) is 30.5 Å². The molecule has 0 saturated heterocycles. The Balaban J connectivity index is 1.44. The summed E-state index contributed by atoms with van der Waals surface area (Å²) in [7, 11) is 0. The Hall–Kier alpha value is -5.18. The van der Waals surface area contributed by atoms with Crippen LogP contribution in [0, 0.1) is 20.2 Å². The molecule has 37 heavy (non-hydrogen) atoms. The number of amides is 2. The highest BCUT2D eigenvalue weighted by Gasteiger charge is 2.31. The molecule has 0 bridgehead atoms. The molecule has 2 N–H and O–H groups in total. The summed E-state index contributed by atoms with van der Waals surface area (Å²) in [5, 5.41) is 29.2. The van der Waals surface area contributed by atoms with E-state index in [0.29, 0.717) is 11.1 Å². The van der Waals surface area contributed by atoms with Crippen molar-refractivity contribution in [3.8, 4) is 11.5 Å². The molecule has 15 heteroatoms. The van der Waals surface area contributed by atoms with E-state index in [-0.39, 0.29) is 45.8 Å². The number of nitrogens with zero attached hydrogens (tertiary/aromatic N) is 4. The van der Waals surface area contributed by atoms with Gasteiger partial charge in [-0.2, -0.15) is 10.2 Å². The van der Waals surface area contributed by atoms with Crippen LogP contribution in [-0.4, -0.2) is 47.3 Å². The third-order valence-electron chi connectivity index (χ3n) is 4.78. The molecule has 1 aliphatic heterocycles. The van der Waals surface area contributed by atoms with Crippen LogP contribution in [0.25, 0.3) is 0 Å². The number of hydrogen-bond acceptors (Lipinski definition) is 11. The number of rotatable bonds is 8. The van der Waals surface area contributed by atoms with E-state index < -0.39 is 21.7 Å². The van der Waals surface area contributed by atoms with E-state index in [0.717, 1.165) is 11.3 Å². The number of fused-ring (bicyclic) bond motifs is 1. The predicted molar refractivity (Wildman–Crippen MR) is 132 cm³/mol. The molecule has 188 valence electrons. The van der Waals surface area contributed by atoms with Crippen LogP contribution in [0.2, 0.25) is 0 Å². The van der Waals surface area contributed by atoms with Gasteiger partial charge in [0.2, 0.25) is 0 Å². The number of hydrazone groups is 2. The number of nitrogens with one attached hydrogen (secondary N) is 2. The molecular weight excluding hydrogens is 508 g/mol. The molecule has 0 atom stereocenters. The van der Waals surface area contributed by atoms with Crippen LogP contribution in [0.3, 0.4) is 0 Å². The number of nitro groups is 2. The number of carbonyl (C=O) groups excluding carboxylic acids is 2. The molecule has 3 aromatic rings. The van der Waals surface area contributed by atoms with Crippen LogP contribution in [0.5, 0.6) is 11.5 Å². The Bertz CT molecular complexity index is 1310. The first-order chi connectivity index (χ1) is 17.8. The second kappa shape index (κ2) is 11.0. The average molecular weight is 524 g/mol. The second-order valence-electron chi connectivity index (χ2n) is 7.21. The highest BCUT2D eigenvalue weighted by atomic mass is 32.1. The Morgan fingerprint density at radius 1 is 0.757 bits per heavy atom. The summed E-state index contributed by atoms with van der Waals surface area (Å²) >= 11 is 0.823. The Morgan fingerprint density at radius 2 is 1.14 bits per heavy atom. The molecule has 2 amide bonds. The first-order valence-electron chi connectivity index (χ1n) is 10.4. The summed E-state index contributed by atoms with van der Waals surface area (Å²) in [6, 6.07) is 11.1. The van der Waals surface area contributed by atoms with Crippen molar-refractivity contribution in [2.45, 2.75) is 0 Å². The van der Waals surface area contributed by atoms with Gasteiger partial charge in [0.1, 0.15) is 23.0 Å². The van der Waals surface area contributed by atoms with Crippen molar-refractivity contribution in [1.82, 2.24) is 10.9 Å². The minimum Gasteiger partial charge on any atom is -0.484 e. The number of benzene rings is 2. The number of hydrogen-bond donors (Lipinski definition) is 2. The zero-order valence-corrected chi connectivity index (χ0v) is 19.5. The number of nitro benzene ring substituents is 2. The zero-order chi connectivity index (χ0) is 26.4. The maximum atomic E-state index is 12.7. The first kappa shape index (κ1) is 24.9. The van der Waals surface area contributed by atoms with Gasteiger partial charge in [-0.25, -0.2) is 10.9 Å². The molecule has 2 aromatic carbocycles. The summed E-state index contributed by atoms with van der Waals surface area (Å²) in [4.78, 5) is 45.9. The maximum absolute atomic E-state index is 12.7. The van der Waals surface area contributed by atoms with Gasteiger partial charge in [-0.15, -0.1) is 11.3 Å². The van der Waals surface area contributed by atoms with Gasteiger partial charge in [-0.1, -0.05) is 0 Å². The minimum absolute atomic E-state index is 0.0556. The minimum atomic E-state index is -0.654. The van der Waals surface area contributed by atoms with E-state index in [1.54, 1.807) is 0 Å². The summed E-state index contributed by atoms with van der Waals surface area (Å²) in [6.07, 6.45) is 2.61. The van der Waals surface area contributed by atoms with Gasteiger partial charge in [0.05, 0.1) is 22.3 Å². The van der Waals surface area contributed by atoms with Crippen LogP contribution in [0.4, 0.5) is 11.4 Å². The van der Waals surface area contributed by atoms with E-state index in [1.165, 1.54) is 61.0 Å². The summed E-state index contributed by atoms with van der Waals surface area (Å²) in [5.41, 5.74) is 5.53. The lowest BCUT2D eigenvalue weighted by molar-refractivity contribution is -0.385. The first-order valence-corrected chi connectivity index (χ1v) is 11.2. The van der Waals surface area contributed by atoms with E-state index >= 15 is 0 Å². The molecular formula is C22H16N6O8S. The summed E-state index contributed by atoms with van der Waals surface area (Å²) in [6.45, 7) is 0.352. The lowest BCUT2D eigenvalue weighted by Crippen LogP contribution is -2.21. The van der Waals surface area contributed by atoms with Crippen LogP contribution in [0.15, 0.2) is 58.7 Å². The Kier molecular flexibility index (Phi) is 7.44. The van der Waals surface area contributed by atoms with Crippen LogP contribution < -0.4 is 20.3 Å². The molecule has 1 aromatic heterocycles. The van der Waals surface area contributed by atoms with Crippen molar-refractivity contribution in [3.05, 3.63) is 89.6 Å². The van der Waals surface area contributed by atoms with E-state index in [1.807, 2.05) is 0 Å². The van der Waals surface area contributed by atoms with E-state index in [4.69, 9.17) is 9.47 Å². The summed E-state index contributed by atoms with van der Waals surface area (Å²) < 4.78 is 11.1. The molecule has 2 heterocycles. The Morgan fingerprint density at radius 3 is 1.49 bits per heavy atom. The van der Waals surface area contributed by atoms with Crippen LogP contribution >= 0.6 is 11.3 Å². The SMILES string of the molecule is O=C(N/N=C\c1ccc([N+](=O)[O-])cc1)c1sc(C(=O)N/N=C\c2ccc([N+](=O)[O-])cc2)c2c1OCCO2. The van der Waals surface area contributed by atoms with Gasteiger partial charge in [0, 0.05) is 24.3 Å². The molecule has 0 unspecified atom stereocenters. The lowest BCUT2D eigenvalue weighted by atomic mass is 10.2. The topological polar surface area (TPSA) is 188 Å². The maximum Gasteiger partial charge on any atom is 0.285 e. The number of carbonyl (C=O) groups is 2. The fraction of sp³-hybridized carbons (Fsp3) is 0.0909. The van der Waals surface area contributed by atoms with E-state index in [9.17, 15) is 29.8 Å². The highest BCUT2D eigenvalue weighted by Crippen LogP contribution is 2.44. The molecule has 4 rings (SSSR count). The Labute approximate surface area is 211 Å². The molecule has 0 spiro atoms. The molecule has 1 aliphatic rings. The largest absolute Gasteiger partial charge is 0.484 e. The molecule has 14 nitrogen and oxygen atoms in total. The normalized spacial score (nSPS) is 12.4. The monoisotopic (exact) mass is 524 g/mol.